The first-order valence-electron chi connectivity index (χ1n) is 7.06. The molecule has 4 nitrogen and oxygen atoms in total. The van der Waals surface area contributed by atoms with Crippen molar-refractivity contribution in [1.82, 2.24) is 4.90 Å². The van der Waals surface area contributed by atoms with Crippen LogP contribution in [-0.2, 0) is 0 Å². The summed E-state index contributed by atoms with van der Waals surface area (Å²) in [5, 5.41) is 8.61. The molecule has 0 bridgehead atoms. The van der Waals surface area contributed by atoms with Gasteiger partial charge < -0.3 is 4.90 Å². The lowest BCUT2D eigenvalue weighted by Gasteiger charge is -2.17. The molecule has 0 heterocycles. The van der Waals surface area contributed by atoms with Crippen LogP contribution in [-0.4, -0.2) is 30.2 Å². The van der Waals surface area contributed by atoms with Gasteiger partial charge in [-0.05, 0) is 30.3 Å². The molecule has 0 saturated carbocycles. The van der Waals surface area contributed by atoms with Crippen molar-refractivity contribution in [2.24, 2.45) is 0 Å². The zero-order valence-corrected chi connectivity index (χ0v) is 12.6. The van der Waals surface area contributed by atoms with Crippen molar-refractivity contribution >= 4 is 11.7 Å². The molecule has 0 aliphatic rings. The Labute approximate surface area is 133 Å². The Bertz CT molecular complexity index is 763. The van der Waals surface area contributed by atoms with Crippen LogP contribution in [0.2, 0.25) is 0 Å². The van der Waals surface area contributed by atoms with E-state index in [0.29, 0.717) is 5.56 Å². The molecule has 0 spiro atoms. The Balaban J connectivity index is 2.34. The van der Waals surface area contributed by atoms with Crippen molar-refractivity contribution in [2.75, 3.05) is 13.6 Å². The Morgan fingerprint density at radius 2 is 1.70 bits per heavy atom. The predicted molar refractivity (Wildman–Crippen MR) is 83.5 cm³/mol. The fourth-order valence-electron chi connectivity index (χ4n) is 2.15. The van der Waals surface area contributed by atoms with E-state index in [0.717, 1.165) is 0 Å². The zero-order valence-electron chi connectivity index (χ0n) is 12.6. The quantitative estimate of drug-likeness (QED) is 0.797. The fourth-order valence-corrected chi connectivity index (χ4v) is 2.15. The molecule has 0 atom stereocenters. The molecule has 0 aliphatic carbocycles. The molecule has 2 aromatic rings. The Morgan fingerprint density at radius 3 is 2.30 bits per heavy atom. The highest BCUT2D eigenvalue weighted by atomic mass is 19.1. The molecule has 0 fully saturated rings. The second kappa shape index (κ2) is 7.32. The third kappa shape index (κ3) is 3.80. The SMILES string of the molecule is CN(CCC#N)C(=O)c1ccccc1C(=O)c1ccc(F)cc1. The van der Waals surface area contributed by atoms with Crippen LogP contribution in [0.15, 0.2) is 48.5 Å². The average Bonchev–Trinajstić information content (AvgIpc) is 2.59. The first kappa shape index (κ1) is 16.4. The van der Waals surface area contributed by atoms with Gasteiger partial charge in [-0.3, -0.25) is 9.59 Å². The Kier molecular flexibility index (Phi) is 5.21. The first-order valence-corrected chi connectivity index (χ1v) is 7.06. The number of carbonyl (C=O) groups is 2. The van der Waals surface area contributed by atoms with Crippen LogP contribution in [0, 0.1) is 17.1 Å². The summed E-state index contributed by atoms with van der Waals surface area (Å²) in [7, 11) is 1.58. The topological polar surface area (TPSA) is 61.2 Å². The van der Waals surface area contributed by atoms with Crippen molar-refractivity contribution in [3.05, 3.63) is 71.0 Å². The Hall–Kier alpha value is -3.00. The minimum atomic E-state index is -0.429. The molecule has 0 unspecified atom stereocenters. The third-order valence-corrected chi connectivity index (χ3v) is 3.41. The number of benzene rings is 2. The van der Waals surface area contributed by atoms with Gasteiger partial charge in [0.15, 0.2) is 5.78 Å². The molecule has 116 valence electrons. The lowest BCUT2D eigenvalue weighted by atomic mass is 9.97. The van der Waals surface area contributed by atoms with Gasteiger partial charge in [0.05, 0.1) is 18.1 Å². The second-order valence-electron chi connectivity index (χ2n) is 5.02. The molecular formula is C18H15FN2O2. The molecule has 2 aromatic carbocycles. The van der Waals surface area contributed by atoms with Gasteiger partial charge >= 0.3 is 0 Å². The second-order valence-corrected chi connectivity index (χ2v) is 5.02. The number of carbonyl (C=O) groups excluding carboxylic acids is 2. The maximum Gasteiger partial charge on any atom is 0.254 e. The number of amides is 1. The maximum absolute atomic E-state index is 13.0. The van der Waals surface area contributed by atoms with Gasteiger partial charge in [-0.1, -0.05) is 18.2 Å². The van der Waals surface area contributed by atoms with E-state index in [2.05, 4.69) is 0 Å². The highest BCUT2D eigenvalue weighted by Gasteiger charge is 2.20. The number of nitrogens with zero attached hydrogens (tertiary/aromatic N) is 2. The van der Waals surface area contributed by atoms with Gasteiger partial charge in [0.2, 0.25) is 0 Å². The summed E-state index contributed by atoms with van der Waals surface area (Å²) < 4.78 is 13.0. The lowest BCUT2D eigenvalue weighted by Crippen LogP contribution is -2.29. The van der Waals surface area contributed by atoms with E-state index in [9.17, 15) is 14.0 Å². The molecular weight excluding hydrogens is 295 g/mol. The molecule has 23 heavy (non-hydrogen) atoms. The number of hydrogen-bond acceptors (Lipinski definition) is 3. The molecule has 5 heteroatoms. The molecule has 0 aromatic heterocycles. The van der Waals surface area contributed by atoms with Gasteiger partial charge in [-0.25, -0.2) is 4.39 Å². The predicted octanol–water partition coefficient (Wildman–Crippen LogP) is 3.04. The van der Waals surface area contributed by atoms with E-state index >= 15 is 0 Å². The normalized spacial score (nSPS) is 9.96. The summed E-state index contributed by atoms with van der Waals surface area (Å²) >= 11 is 0. The highest BCUT2D eigenvalue weighted by Crippen LogP contribution is 2.17. The average molecular weight is 310 g/mol. The molecule has 1 amide bonds. The van der Waals surface area contributed by atoms with Gasteiger partial charge in [-0.15, -0.1) is 0 Å². The van der Waals surface area contributed by atoms with Gasteiger partial charge in [-0.2, -0.15) is 5.26 Å². The largest absolute Gasteiger partial charge is 0.341 e. The molecule has 0 aliphatic heterocycles. The van der Waals surface area contributed by atoms with E-state index in [1.807, 2.05) is 6.07 Å². The van der Waals surface area contributed by atoms with E-state index in [-0.39, 0.29) is 35.8 Å². The number of hydrogen-bond donors (Lipinski definition) is 0. The number of ketones is 1. The zero-order chi connectivity index (χ0) is 16.8. The number of rotatable bonds is 5. The first-order chi connectivity index (χ1) is 11.0. The number of halogens is 1. The van der Waals surface area contributed by atoms with Crippen molar-refractivity contribution < 1.29 is 14.0 Å². The van der Waals surface area contributed by atoms with Crippen LogP contribution in [0.1, 0.15) is 32.7 Å². The van der Waals surface area contributed by atoms with E-state index in [4.69, 9.17) is 5.26 Å². The Morgan fingerprint density at radius 1 is 1.09 bits per heavy atom. The van der Waals surface area contributed by atoms with Gasteiger partial charge in [0.1, 0.15) is 5.82 Å². The van der Waals surface area contributed by atoms with E-state index in [1.54, 1.807) is 31.3 Å². The van der Waals surface area contributed by atoms with E-state index in [1.165, 1.54) is 29.2 Å². The molecule has 0 saturated heterocycles. The summed E-state index contributed by atoms with van der Waals surface area (Å²) in [5.41, 5.74) is 0.835. The van der Waals surface area contributed by atoms with E-state index < -0.39 is 5.82 Å². The minimum absolute atomic E-state index is 0.219. The highest BCUT2D eigenvalue weighted by molar-refractivity contribution is 6.15. The lowest BCUT2D eigenvalue weighted by molar-refractivity contribution is 0.0793. The van der Waals surface area contributed by atoms with Crippen molar-refractivity contribution in [3.8, 4) is 6.07 Å². The summed E-state index contributed by atoms with van der Waals surface area (Å²) in [6, 6.07) is 13.6. The monoisotopic (exact) mass is 310 g/mol. The van der Waals surface area contributed by atoms with Crippen LogP contribution in [0.3, 0.4) is 0 Å². The standard InChI is InChI=1S/C18H15FN2O2/c1-21(12-4-11-20)18(23)16-6-3-2-5-15(16)17(22)13-7-9-14(19)10-8-13/h2-3,5-10H,4,12H2,1H3. The van der Waals surface area contributed by atoms with Crippen LogP contribution < -0.4 is 0 Å². The third-order valence-electron chi connectivity index (χ3n) is 3.41. The van der Waals surface area contributed by atoms with Gasteiger partial charge in [0, 0.05) is 24.7 Å². The van der Waals surface area contributed by atoms with Gasteiger partial charge in [0.25, 0.3) is 5.91 Å². The van der Waals surface area contributed by atoms with Crippen molar-refractivity contribution in [2.45, 2.75) is 6.42 Å². The van der Waals surface area contributed by atoms with Crippen LogP contribution in [0.4, 0.5) is 4.39 Å². The smallest absolute Gasteiger partial charge is 0.254 e. The summed E-state index contributed by atoms with van der Waals surface area (Å²) in [5.74, 6) is -1.10. The summed E-state index contributed by atoms with van der Waals surface area (Å²) in [6.45, 7) is 0.286. The maximum atomic E-state index is 13.0. The fraction of sp³-hybridized carbons (Fsp3) is 0.167. The van der Waals surface area contributed by atoms with Crippen LogP contribution in [0.5, 0.6) is 0 Å². The summed E-state index contributed by atoms with van der Waals surface area (Å²) in [6.07, 6.45) is 0.219. The van der Waals surface area contributed by atoms with Crippen molar-refractivity contribution in [3.63, 3.8) is 0 Å². The molecule has 2 rings (SSSR count). The van der Waals surface area contributed by atoms with Crippen molar-refractivity contribution in [1.29, 1.82) is 5.26 Å². The van der Waals surface area contributed by atoms with Crippen LogP contribution >= 0.6 is 0 Å². The summed E-state index contributed by atoms with van der Waals surface area (Å²) in [4.78, 5) is 26.4. The van der Waals surface area contributed by atoms with Crippen LogP contribution in [0.25, 0.3) is 0 Å². The molecule has 0 N–H and O–H groups in total. The molecule has 0 radical (unpaired) electrons. The minimum Gasteiger partial charge on any atom is -0.341 e. The number of nitriles is 1.